The van der Waals surface area contributed by atoms with Gasteiger partial charge in [-0.1, -0.05) is 0 Å². The highest BCUT2D eigenvalue weighted by Gasteiger charge is 2.39. The number of thiazole rings is 1. The molecule has 0 fully saturated rings. The highest BCUT2D eigenvalue weighted by Crippen LogP contribution is 2.34. The molecule has 1 N–H and O–H groups in total. The van der Waals surface area contributed by atoms with Crippen LogP contribution in [-0.4, -0.2) is 23.6 Å². The van der Waals surface area contributed by atoms with E-state index in [4.69, 9.17) is 0 Å². The van der Waals surface area contributed by atoms with Gasteiger partial charge in [0.2, 0.25) is 0 Å². The monoisotopic (exact) mass is 292 g/mol. The van der Waals surface area contributed by atoms with Crippen molar-refractivity contribution in [1.82, 2.24) is 10.3 Å². The van der Waals surface area contributed by atoms with Gasteiger partial charge in [0, 0.05) is 0 Å². The summed E-state index contributed by atoms with van der Waals surface area (Å²) in [6.07, 6.45) is -9.57. The topological polar surface area (TPSA) is 42.0 Å². The van der Waals surface area contributed by atoms with Crippen molar-refractivity contribution in [3.63, 3.8) is 0 Å². The van der Waals surface area contributed by atoms with Crippen LogP contribution >= 0.6 is 11.3 Å². The molecule has 102 valence electrons. The van der Waals surface area contributed by atoms with Crippen LogP contribution in [0.5, 0.6) is 0 Å². The Bertz CT molecular complexity index is 449. The molecule has 1 rings (SSSR count). The van der Waals surface area contributed by atoms with Crippen molar-refractivity contribution in [2.75, 3.05) is 6.54 Å². The summed E-state index contributed by atoms with van der Waals surface area (Å²) in [5.41, 5.74) is -1.47. The Kier molecular flexibility index (Phi) is 3.89. The van der Waals surface area contributed by atoms with Crippen molar-refractivity contribution >= 4 is 17.2 Å². The second-order valence-electron chi connectivity index (χ2n) is 3.21. The molecule has 0 unspecified atom stereocenters. The standard InChI is InChI=1S/C8H6F6N2OS/c1-3-16-5(8(12,13)14)4(18-3)6(17)15-2-7(9,10)11/h2H2,1H3,(H,15,17). The minimum Gasteiger partial charge on any atom is -0.342 e. The highest BCUT2D eigenvalue weighted by molar-refractivity contribution is 7.13. The van der Waals surface area contributed by atoms with Crippen molar-refractivity contribution in [2.24, 2.45) is 0 Å². The lowest BCUT2D eigenvalue weighted by atomic mass is 10.3. The summed E-state index contributed by atoms with van der Waals surface area (Å²) in [6, 6.07) is 0. The fourth-order valence-corrected chi connectivity index (χ4v) is 1.89. The normalized spacial score (nSPS) is 12.6. The Morgan fingerprint density at radius 1 is 1.28 bits per heavy atom. The molecule has 3 nitrogen and oxygen atoms in total. The first-order chi connectivity index (χ1) is 8.00. The number of aromatic nitrogens is 1. The average molecular weight is 292 g/mol. The van der Waals surface area contributed by atoms with Crippen LogP contribution in [0.3, 0.4) is 0 Å². The molecule has 18 heavy (non-hydrogen) atoms. The number of hydrogen-bond donors (Lipinski definition) is 1. The molecule has 0 spiro atoms. The molecule has 1 aromatic heterocycles. The summed E-state index contributed by atoms with van der Waals surface area (Å²) < 4.78 is 72.8. The summed E-state index contributed by atoms with van der Waals surface area (Å²) >= 11 is 0.389. The van der Waals surface area contributed by atoms with Gasteiger partial charge in [-0.15, -0.1) is 11.3 Å². The molecule has 0 atom stereocenters. The zero-order valence-corrected chi connectivity index (χ0v) is 9.56. The Morgan fingerprint density at radius 2 is 1.83 bits per heavy atom. The van der Waals surface area contributed by atoms with Crippen LogP contribution in [0.2, 0.25) is 0 Å². The number of amides is 1. The molecule has 0 saturated heterocycles. The largest absolute Gasteiger partial charge is 0.435 e. The van der Waals surface area contributed by atoms with E-state index in [1.807, 2.05) is 0 Å². The zero-order valence-electron chi connectivity index (χ0n) is 8.74. The van der Waals surface area contributed by atoms with Gasteiger partial charge < -0.3 is 5.32 Å². The number of nitrogens with one attached hydrogen (secondary N) is 1. The summed E-state index contributed by atoms with van der Waals surface area (Å²) in [4.78, 5) is 13.5. The highest BCUT2D eigenvalue weighted by atomic mass is 32.1. The van der Waals surface area contributed by atoms with Crippen LogP contribution in [0.15, 0.2) is 0 Å². The SMILES string of the molecule is Cc1nc(C(F)(F)F)c(C(=O)NCC(F)(F)F)s1. The third kappa shape index (κ3) is 3.86. The maximum Gasteiger partial charge on any atom is 0.435 e. The van der Waals surface area contributed by atoms with Crippen LogP contribution in [0.4, 0.5) is 26.3 Å². The van der Waals surface area contributed by atoms with Gasteiger partial charge in [0.05, 0.1) is 5.01 Å². The number of halogens is 6. The van der Waals surface area contributed by atoms with E-state index in [2.05, 4.69) is 4.98 Å². The van der Waals surface area contributed by atoms with E-state index in [0.29, 0.717) is 11.3 Å². The minimum atomic E-state index is -4.88. The molecule has 0 aliphatic rings. The van der Waals surface area contributed by atoms with E-state index in [9.17, 15) is 31.1 Å². The number of alkyl halides is 6. The summed E-state index contributed by atoms with van der Waals surface area (Å²) in [5.74, 6) is -1.44. The number of carbonyl (C=O) groups is 1. The Balaban J connectivity index is 2.93. The van der Waals surface area contributed by atoms with E-state index < -0.39 is 35.4 Å². The molecule has 0 saturated carbocycles. The second kappa shape index (κ2) is 4.75. The van der Waals surface area contributed by atoms with E-state index in [-0.39, 0.29) is 5.01 Å². The number of nitrogens with zero attached hydrogens (tertiary/aromatic N) is 1. The molecule has 0 bridgehead atoms. The van der Waals surface area contributed by atoms with Gasteiger partial charge in [0.1, 0.15) is 11.4 Å². The Hall–Kier alpha value is -1.32. The average Bonchev–Trinajstić information content (AvgIpc) is 2.55. The van der Waals surface area contributed by atoms with Crippen molar-refractivity contribution in [1.29, 1.82) is 0 Å². The fraction of sp³-hybridized carbons (Fsp3) is 0.500. The summed E-state index contributed by atoms with van der Waals surface area (Å²) in [7, 11) is 0. The van der Waals surface area contributed by atoms with Gasteiger partial charge in [0.15, 0.2) is 5.69 Å². The number of rotatable bonds is 2. The van der Waals surface area contributed by atoms with E-state index in [0.717, 1.165) is 0 Å². The van der Waals surface area contributed by atoms with E-state index >= 15 is 0 Å². The van der Waals surface area contributed by atoms with Crippen LogP contribution in [0.25, 0.3) is 0 Å². The van der Waals surface area contributed by atoms with Crippen molar-refractivity contribution < 1.29 is 31.1 Å². The third-order valence-corrected chi connectivity index (χ3v) is 2.63. The first-order valence-electron chi connectivity index (χ1n) is 4.40. The maximum absolute atomic E-state index is 12.4. The summed E-state index contributed by atoms with van der Waals surface area (Å²) in [5, 5.41) is 1.32. The van der Waals surface area contributed by atoms with Gasteiger partial charge in [-0.3, -0.25) is 4.79 Å². The van der Waals surface area contributed by atoms with Gasteiger partial charge in [-0.25, -0.2) is 4.98 Å². The van der Waals surface area contributed by atoms with Gasteiger partial charge in [-0.2, -0.15) is 26.3 Å². The quantitative estimate of drug-likeness (QED) is 0.852. The predicted molar refractivity (Wildman–Crippen MR) is 50.2 cm³/mol. The van der Waals surface area contributed by atoms with Crippen LogP contribution in [-0.2, 0) is 6.18 Å². The number of hydrogen-bond acceptors (Lipinski definition) is 3. The van der Waals surface area contributed by atoms with Crippen LogP contribution in [0.1, 0.15) is 20.4 Å². The molecule has 1 aromatic rings. The van der Waals surface area contributed by atoms with Gasteiger partial charge >= 0.3 is 12.4 Å². The molecule has 1 amide bonds. The van der Waals surface area contributed by atoms with Gasteiger partial charge in [-0.05, 0) is 6.92 Å². The lowest BCUT2D eigenvalue weighted by Gasteiger charge is -2.09. The molecule has 0 radical (unpaired) electrons. The maximum atomic E-state index is 12.4. The van der Waals surface area contributed by atoms with Crippen LogP contribution in [0, 0.1) is 6.92 Å². The molecular formula is C8H6F6N2OS. The first kappa shape index (κ1) is 14.7. The lowest BCUT2D eigenvalue weighted by Crippen LogP contribution is -2.34. The smallest absolute Gasteiger partial charge is 0.342 e. The molecular weight excluding hydrogens is 286 g/mol. The van der Waals surface area contributed by atoms with Crippen molar-refractivity contribution in [2.45, 2.75) is 19.3 Å². The Morgan fingerprint density at radius 3 is 2.28 bits per heavy atom. The second-order valence-corrected chi connectivity index (χ2v) is 4.41. The molecule has 0 aliphatic heterocycles. The van der Waals surface area contributed by atoms with Crippen molar-refractivity contribution in [3.05, 3.63) is 15.6 Å². The number of aryl methyl sites for hydroxylation is 1. The van der Waals surface area contributed by atoms with E-state index in [1.54, 1.807) is 0 Å². The van der Waals surface area contributed by atoms with Crippen LogP contribution < -0.4 is 5.32 Å². The third-order valence-electron chi connectivity index (χ3n) is 1.66. The minimum absolute atomic E-state index is 0.0560. The first-order valence-corrected chi connectivity index (χ1v) is 5.22. The molecule has 0 aliphatic carbocycles. The predicted octanol–water partition coefficient (Wildman–Crippen LogP) is 2.76. The zero-order chi connectivity index (χ0) is 14.1. The Labute approximate surface area is 101 Å². The fourth-order valence-electron chi connectivity index (χ4n) is 1.03. The molecule has 10 heteroatoms. The lowest BCUT2D eigenvalue weighted by molar-refractivity contribution is -0.141. The molecule has 1 heterocycles. The van der Waals surface area contributed by atoms with E-state index in [1.165, 1.54) is 12.2 Å². The number of carbonyl (C=O) groups excluding carboxylic acids is 1. The summed E-state index contributed by atoms with van der Waals surface area (Å²) in [6.45, 7) is -0.472. The molecule has 0 aromatic carbocycles. The van der Waals surface area contributed by atoms with Crippen molar-refractivity contribution in [3.8, 4) is 0 Å². The van der Waals surface area contributed by atoms with Gasteiger partial charge in [0.25, 0.3) is 5.91 Å².